The van der Waals surface area contributed by atoms with E-state index in [0.29, 0.717) is 5.82 Å². The van der Waals surface area contributed by atoms with Crippen LogP contribution in [0.4, 0.5) is 5.82 Å². The van der Waals surface area contributed by atoms with Crippen LogP contribution in [0.3, 0.4) is 0 Å². The fraction of sp³-hybridized carbons (Fsp3) is 0.286. The fourth-order valence-electron chi connectivity index (χ4n) is 0.867. The largest absolute Gasteiger partial charge is 0.402 e. The lowest BCUT2D eigenvalue weighted by molar-refractivity contribution is 1.05. The summed E-state index contributed by atoms with van der Waals surface area (Å²) in [5.74, 6) is 0.493. The van der Waals surface area contributed by atoms with Crippen molar-refractivity contribution in [3.05, 3.63) is 17.0 Å². The molecule has 0 unspecified atom stereocenters. The highest BCUT2D eigenvalue weighted by Crippen LogP contribution is 2.14. The lowest BCUT2D eigenvalue weighted by atomic mass is 10.2. The van der Waals surface area contributed by atoms with Gasteiger partial charge in [-0.1, -0.05) is 0 Å². The van der Waals surface area contributed by atoms with Crippen molar-refractivity contribution >= 4 is 11.9 Å². The minimum Gasteiger partial charge on any atom is -0.402 e. The Morgan fingerprint density at radius 3 is 2.64 bits per heavy atom. The number of anilines is 1. The number of aryl methyl sites for hydroxylation is 1. The van der Waals surface area contributed by atoms with Gasteiger partial charge in [0.15, 0.2) is 5.82 Å². The Morgan fingerprint density at radius 1 is 1.64 bits per heavy atom. The Bertz CT molecular complexity index is 261. The van der Waals surface area contributed by atoms with Gasteiger partial charge in [-0.25, -0.2) is 0 Å². The van der Waals surface area contributed by atoms with Gasteiger partial charge < -0.3 is 11.5 Å². The molecule has 0 amide bonds. The molecule has 11 heavy (non-hydrogen) atoms. The second-order valence-electron chi connectivity index (χ2n) is 2.54. The molecule has 0 spiro atoms. The minimum absolute atomic E-state index is 0.493. The average Bonchev–Trinajstić information content (AvgIpc) is 2.18. The van der Waals surface area contributed by atoms with E-state index in [1.165, 1.54) is 0 Å². The van der Waals surface area contributed by atoms with Gasteiger partial charge >= 0.3 is 0 Å². The standard InChI is InChI=1S/C7H12N4/c1-4(8)3-6-5(2)10-11-7(6)9/h3H,8H2,1-2H3,(H3,9,10,11)/b4-3+. The summed E-state index contributed by atoms with van der Waals surface area (Å²) in [5, 5.41) is 6.59. The molecule has 0 saturated heterocycles. The van der Waals surface area contributed by atoms with Gasteiger partial charge in [-0.15, -0.1) is 0 Å². The first kappa shape index (κ1) is 7.65. The van der Waals surface area contributed by atoms with E-state index in [4.69, 9.17) is 11.5 Å². The molecule has 1 heterocycles. The molecule has 1 rings (SSSR count). The van der Waals surface area contributed by atoms with Crippen molar-refractivity contribution in [3.8, 4) is 0 Å². The second kappa shape index (κ2) is 2.65. The molecule has 0 aliphatic rings. The molecule has 0 radical (unpaired) electrons. The number of nitrogen functional groups attached to an aromatic ring is 1. The fourth-order valence-corrected chi connectivity index (χ4v) is 0.867. The first-order valence-corrected chi connectivity index (χ1v) is 3.35. The molecular weight excluding hydrogens is 140 g/mol. The SMILES string of the molecule is C/C(N)=C\c1c(N)n[nH]c1C. The van der Waals surface area contributed by atoms with E-state index in [9.17, 15) is 0 Å². The van der Waals surface area contributed by atoms with Crippen molar-refractivity contribution in [1.29, 1.82) is 0 Å². The summed E-state index contributed by atoms with van der Waals surface area (Å²) in [5.41, 5.74) is 13.6. The maximum Gasteiger partial charge on any atom is 0.152 e. The average molecular weight is 152 g/mol. The Labute approximate surface area is 65.3 Å². The molecule has 4 heteroatoms. The van der Waals surface area contributed by atoms with E-state index >= 15 is 0 Å². The number of nitrogens with two attached hydrogens (primary N) is 2. The third-order valence-electron chi connectivity index (χ3n) is 1.40. The zero-order valence-electron chi connectivity index (χ0n) is 6.68. The van der Waals surface area contributed by atoms with Crippen LogP contribution < -0.4 is 11.5 Å². The molecule has 0 aliphatic carbocycles. The van der Waals surface area contributed by atoms with Gasteiger partial charge in [0.05, 0.1) is 0 Å². The zero-order chi connectivity index (χ0) is 8.43. The highest BCUT2D eigenvalue weighted by atomic mass is 15.2. The topological polar surface area (TPSA) is 80.7 Å². The smallest absolute Gasteiger partial charge is 0.152 e. The molecular formula is C7H12N4. The van der Waals surface area contributed by atoms with E-state index in [2.05, 4.69) is 10.2 Å². The van der Waals surface area contributed by atoms with E-state index in [0.717, 1.165) is 17.0 Å². The molecule has 1 aromatic rings. The van der Waals surface area contributed by atoms with Gasteiger partial charge in [0, 0.05) is 17.0 Å². The molecule has 0 saturated carbocycles. The van der Waals surface area contributed by atoms with Crippen LogP contribution in [0.1, 0.15) is 18.2 Å². The van der Waals surface area contributed by atoms with Crippen molar-refractivity contribution in [2.75, 3.05) is 5.73 Å². The lowest BCUT2D eigenvalue weighted by Crippen LogP contribution is -1.92. The molecule has 5 N–H and O–H groups in total. The van der Waals surface area contributed by atoms with Crippen molar-refractivity contribution in [2.45, 2.75) is 13.8 Å². The first-order chi connectivity index (χ1) is 5.11. The highest BCUT2D eigenvalue weighted by molar-refractivity contribution is 5.64. The van der Waals surface area contributed by atoms with E-state index in [1.807, 2.05) is 13.8 Å². The first-order valence-electron chi connectivity index (χ1n) is 3.35. The van der Waals surface area contributed by atoms with Crippen LogP contribution in [0, 0.1) is 6.92 Å². The van der Waals surface area contributed by atoms with Crippen molar-refractivity contribution in [3.63, 3.8) is 0 Å². The number of nitrogens with zero attached hydrogens (tertiary/aromatic N) is 1. The predicted molar refractivity (Wildman–Crippen MR) is 45.6 cm³/mol. The molecule has 60 valence electrons. The van der Waals surface area contributed by atoms with E-state index < -0.39 is 0 Å². The summed E-state index contributed by atoms with van der Waals surface area (Å²) in [6, 6.07) is 0. The zero-order valence-corrected chi connectivity index (χ0v) is 6.68. The quantitative estimate of drug-likeness (QED) is 0.551. The minimum atomic E-state index is 0.493. The maximum atomic E-state index is 5.55. The van der Waals surface area contributed by atoms with Gasteiger partial charge in [0.1, 0.15) is 0 Å². The Morgan fingerprint density at radius 2 is 2.27 bits per heavy atom. The molecule has 0 aromatic carbocycles. The van der Waals surface area contributed by atoms with Crippen LogP contribution >= 0.6 is 0 Å². The van der Waals surface area contributed by atoms with Crippen LogP contribution in [0.5, 0.6) is 0 Å². The molecule has 0 atom stereocenters. The van der Waals surface area contributed by atoms with Crippen LogP contribution in [-0.2, 0) is 0 Å². The molecule has 0 aliphatic heterocycles. The number of rotatable bonds is 1. The van der Waals surface area contributed by atoms with Crippen LogP contribution in [0.25, 0.3) is 6.08 Å². The number of hydrogen-bond donors (Lipinski definition) is 3. The predicted octanol–water partition coefficient (Wildman–Crippen LogP) is 0.620. The summed E-state index contributed by atoms with van der Waals surface area (Å²) >= 11 is 0. The van der Waals surface area contributed by atoms with Crippen LogP contribution in [0.15, 0.2) is 5.70 Å². The second-order valence-corrected chi connectivity index (χ2v) is 2.54. The van der Waals surface area contributed by atoms with Gasteiger partial charge in [0.25, 0.3) is 0 Å². The van der Waals surface area contributed by atoms with Gasteiger partial charge in [0.2, 0.25) is 0 Å². The van der Waals surface area contributed by atoms with E-state index in [-0.39, 0.29) is 0 Å². The number of aromatic nitrogens is 2. The number of H-pyrrole nitrogens is 1. The van der Waals surface area contributed by atoms with E-state index in [1.54, 1.807) is 6.08 Å². The van der Waals surface area contributed by atoms with Gasteiger partial charge in [-0.3, -0.25) is 5.10 Å². The number of allylic oxidation sites excluding steroid dienone is 1. The third-order valence-corrected chi connectivity index (χ3v) is 1.40. The molecule has 1 aromatic heterocycles. The molecule has 4 nitrogen and oxygen atoms in total. The summed E-state index contributed by atoms with van der Waals surface area (Å²) < 4.78 is 0. The summed E-state index contributed by atoms with van der Waals surface area (Å²) in [4.78, 5) is 0. The normalized spacial score (nSPS) is 12.0. The van der Waals surface area contributed by atoms with Crippen molar-refractivity contribution in [1.82, 2.24) is 10.2 Å². The van der Waals surface area contributed by atoms with Crippen molar-refractivity contribution in [2.24, 2.45) is 5.73 Å². The van der Waals surface area contributed by atoms with Gasteiger partial charge in [-0.05, 0) is 19.9 Å². The van der Waals surface area contributed by atoms with Crippen LogP contribution in [-0.4, -0.2) is 10.2 Å². The Hall–Kier alpha value is -1.45. The Kier molecular flexibility index (Phi) is 1.85. The number of hydrogen-bond acceptors (Lipinski definition) is 3. The summed E-state index contributed by atoms with van der Waals surface area (Å²) in [6.07, 6.45) is 1.80. The maximum absolute atomic E-state index is 5.55. The molecule has 0 fully saturated rings. The third kappa shape index (κ3) is 1.52. The summed E-state index contributed by atoms with van der Waals surface area (Å²) in [7, 11) is 0. The van der Waals surface area contributed by atoms with Gasteiger partial charge in [-0.2, -0.15) is 5.10 Å². The highest BCUT2D eigenvalue weighted by Gasteiger charge is 2.02. The lowest BCUT2D eigenvalue weighted by Gasteiger charge is -1.92. The van der Waals surface area contributed by atoms with Crippen molar-refractivity contribution < 1.29 is 0 Å². The Balaban J connectivity index is 3.11. The number of nitrogens with one attached hydrogen (secondary N) is 1. The summed E-state index contributed by atoms with van der Waals surface area (Å²) in [6.45, 7) is 3.71. The van der Waals surface area contributed by atoms with Crippen LogP contribution in [0.2, 0.25) is 0 Å². The monoisotopic (exact) mass is 152 g/mol. The molecule has 0 bridgehead atoms. The number of aromatic amines is 1.